The van der Waals surface area contributed by atoms with Gasteiger partial charge in [-0.05, 0) is 12.1 Å². The Bertz CT molecular complexity index is 207. The van der Waals surface area contributed by atoms with E-state index < -0.39 is 0 Å². The molecule has 0 spiro atoms. The number of benzene rings is 1. The second-order valence-electron chi connectivity index (χ2n) is 1.78. The Hall–Kier alpha value is -0.380. The summed E-state index contributed by atoms with van der Waals surface area (Å²) in [4.78, 5) is 0. The van der Waals surface area contributed by atoms with Crippen molar-refractivity contribution in [1.82, 2.24) is 0 Å². The monoisotopic (exact) mass is 148 g/mol. The molecule has 0 bridgehead atoms. The van der Waals surface area contributed by atoms with Crippen LogP contribution in [0.4, 0.5) is 11.4 Å². The molecule has 0 unspecified atom stereocenters. The summed E-state index contributed by atoms with van der Waals surface area (Å²) >= 11 is 0. The van der Waals surface area contributed by atoms with Crippen molar-refractivity contribution in [3.05, 3.63) is 18.2 Å². The van der Waals surface area contributed by atoms with Gasteiger partial charge in [0.2, 0.25) is 0 Å². The number of anilines is 2. The van der Waals surface area contributed by atoms with E-state index in [1.807, 2.05) is 0 Å². The van der Waals surface area contributed by atoms with Crippen molar-refractivity contribution in [1.29, 1.82) is 0 Å². The van der Waals surface area contributed by atoms with Gasteiger partial charge in [-0.1, -0.05) is 6.07 Å². The first kappa shape index (κ1) is 9.62. The quantitative estimate of drug-likeness (QED) is 0.273. The summed E-state index contributed by atoms with van der Waals surface area (Å²) in [5.74, 6) is 0.0370. The van der Waals surface area contributed by atoms with E-state index >= 15 is 0 Å². The third-order valence-electron chi connectivity index (χ3n) is 1.12. The molecule has 0 saturated heterocycles. The first-order valence-corrected chi connectivity index (χ1v) is 2.54. The van der Waals surface area contributed by atoms with Crippen LogP contribution in [-0.4, -0.2) is 34.7 Å². The Balaban J connectivity index is 0.000000810. The van der Waals surface area contributed by atoms with Crippen molar-refractivity contribution in [2.75, 3.05) is 11.5 Å². The summed E-state index contributed by atoms with van der Waals surface area (Å²) in [6, 6.07) is 4.77. The van der Waals surface area contributed by atoms with Crippen LogP contribution in [0.5, 0.6) is 5.75 Å². The normalized spacial score (nSPS) is 8.40. The second-order valence-corrected chi connectivity index (χ2v) is 1.78. The van der Waals surface area contributed by atoms with Crippen LogP contribution in [-0.2, 0) is 0 Å². The van der Waals surface area contributed by atoms with Gasteiger partial charge in [0, 0.05) is 0 Å². The van der Waals surface area contributed by atoms with Gasteiger partial charge in [-0.3, -0.25) is 0 Å². The van der Waals surface area contributed by atoms with Crippen LogP contribution in [0.2, 0.25) is 0 Å². The van der Waals surface area contributed by atoms with Crippen molar-refractivity contribution >= 4 is 40.9 Å². The Labute approximate surface area is 81.3 Å². The fourth-order valence-corrected chi connectivity index (χ4v) is 0.570. The van der Waals surface area contributed by atoms with Crippen LogP contribution in [0, 0.1) is 0 Å². The van der Waals surface area contributed by atoms with Gasteiger partial charge in [0.1, 0.15) is 5.75 Å². The number of nitrogen functional groups attached to an aromatic ring is 2. The molecule has 0 atom stereocenters. The summed E-state index contributed by atoms with van der Waals surface area (Å²) in [5, 5.41) is 8.90. The molecule has 3 nitrogen and oxygen atoms in total. The zero-order valence-corrected chi connectivity index (χ0v) is 4.83. The number of hydrogen-bond acceptors (Lipinski definition) is 3. The maximum absolute atomic E-state index is 8.90. The van der Waals surface area contributed by atoms with Crippen LogP contribution < -0.4 is 11.5 Å². The van der Waals surface area contributed by atoms with Gasteiger partial charge in [-0.2, -0.15) is 0 Å². The minimum absolute atomic E-state index is 0. The molecule has 0 aliphatic heterocycles. The van der Waals surface area contributed by atoms with Gasteiger partial charge < -0.3 is 16.6 Å². The number of aromatic hydroxyl groups is 1. The molecule has 0 amide bonds. The van der Waals surface area contributed by atoms with E-state index in [4.69, 9.17) is 16.6 Å². The van der Waals surface area contributed by atoms with Crippen LogP contribution in [0.15, 0.2) is 18.2 Å². The zero-order chi connectivity index (χ0) is 6.85. The average Bonchev–Trinajstić information content (AvgIpc) is 1.83. The van der Waals surface area contributed by atoms with Gasteiger partial charge in [-0.25, -0.2) is 0 Å². The minimum atomic E-state index is 0. The Morgan fingerprint density at radius 3 is 2.20 bits per heavy atom. The first-order valence-electron chi connectivity index (χ1n) is 2.54. The van der Waals surface area contributed by atoms with E-state index in [2.05, 4.69) is 0 Å². The number of phenols is 1. The standard InChI is InChI=1S/C6H8N2O.Na.H/c7-4-2-1-3-5(9)6(4)8;;/h1-3,9H,7-8H2;;. The fourth-order valence-electron chi connectivity index (χ4n) is 0.570. The van der Waals surface area contributed by atoms with Crippen molar-refractivity contribution in [3.8, 4) is 5.75 Å². The average molecular weight is 148 g/mol. The van der Waals surface area contributed by atoms with Crippen LogP contribution in [0.3, 0.4) is 0 Å². The molecule has 0 radical (unpaired) electrons. The van der Waals surface area contributed by atoms with E-state index in [0.29, 0.717) is 5.69 Å². The van der Waals surface area contributed by atoms with Gasteiger partial charge in [-0.15, -0.1) is 0 Å². The molecule has 1 rings (SSSR count). The van der Waals surface area contributed by atoms with Crippen molar-refractivity contribution in [3.63, 3.8) is 0 Å². The predicted molar refractivity (Wildman–Crippen MR) is 44.1 cm³/mol. The molecule has 0 aliphatic rings. The van der Waals surface area contributed by atoms with Gasteiger partial charge in [0.05, 0.1) is 11.4 Å². The van der Waals surface area contributed by atoms with Crippen molar-refractivity contribution in [2.45, 2.75) is 0 Å². The summed E-state index contributed by atoms with van der Waals surface area (Å²) in [6.07, 6.45) is 0. The predicted octanol–water partition coefficient (Wildman–Crippen LogP) is -0.0919. The molecule has 0 aliphatic carbocycles. The molecule has 1 aromatic rings. The third kappa shape index (κ3) is 1.80. The summed E-state index contributed by atoms with van der Waals surface area (Å²) < 4.78 is 0. The number of para-hydroxylation sites is 1. The number of phenolic OH excluding ortho intramolecular Hbond substituents is 1. The molecule has 10 heavy (non-hydrogen) atoms. The van der Waals surface area contributed by atoms with Crippen LogP contribution in [0.1, 0.15) is 0 Å². The molecular weight excluding hydrogens is 139 g/mol. The Morgan fingerprint density at radius 2 is 1.80 bits per heavy atom. The molecule has 5 N–H and O–H groups in total. The summed E-state index contributed by atoms with van der Waals surface area (Å²) in [5.41, 5.74) is 11.3. The van der Waals surface area contributed by atoms with E-state index in [0.717, 1.165) is 0 Å². The third-order valence-corrected chi connectivity index (χ3v) is 1.12. The SMILES string of the molecule is Nc1cccc(O)c1N.[NaH]. The van der Waals surface area contributed by atoms with Crippen molar-refractivity contribution < 1.29 is 5.11 Å². The van der Waals surface area contributed by atoms with Crippen LogP contribution >= 0.6 is 0 Å². The van der Waals surface area contributed by atoms with Gasteiger partial charge in [0.15, 0.2) is 0 Å². The zero-order valence-electron chi connectivity index (χ0n) is 4.83. The van der Waals surface area contributed by atoms with Crippen molar-refractivity contribution in [2.24, 2.45) is 0 Å². The van der Waals surface area contributed by atoms with E-state index in [-0.39, 0.29) is 41.0 Å². The maximum atomic E-state index is 8.90. The molecule has 1 aromatic carbocycles. The topological polar surface area (TPSA) is 72.3 Å². The van der Waals surface area contributed by atoms with Gasteiger partial charge in [0.25, 0.3) is 0 Å². The number of hydrogen-bond donors (Lipinski definition) is 3. The van der Waals surface area contributed by atoms with E-state index in [1.54, 1.807) is 12.1 Å². The second kappa shape index (κ2) is 3.71. The van der Waals surface area contributed by atoms with E-state index in [1.165, 1.54) is 6.07 Å². The first-order chi connectivity index (χ1) is 4.22. The number of nitrogens with two attached hydrogens (primary N) is 2. The molecular formula is C6H9N2NaO. The molecule has 4 heteroatoms. The molecule has 50 valence electrons. The Kier molecular flexibility index (Phi) is 3.57. The molecule has 0 fully saturated rings. The molecule has 0 saturated carbocycles. The fraction of sp³-hybridized carbons (Fsp3) is 0. The van der Waals surface area contributed by atoms with Crippen LogP contribution in [0.25, 0.3) is 0 Å². The number of rotatable bonds is 0. The summed E-state index contributed by atoms with van der Waals surface area (Å²) in [7, 11) is 0. The molecule has 0 heterocycles. The van der Waals surface area contributed by atoms with Gasteiger partial charge >= 0.3 is 29.6 Å². The Morgan fingerprint density at radius 1 is 1.20 bits per heavy atom. The summed E-state index contributed by atoms with van der Waals surface area (Å²) in [6.45, 7) is 0. The molecule has 0 aromatic heterocycles. The van der Waals surface area contributed by atoms with E-state index in [9.17, 15) is 0 Å².